The van der Waals surface area contributed by atoms with Gasteiger partial charge in [0.25, 0.3) is 5.91 Å². The third kappa shape index (κ3) is 3.99. The molecular formula is C20H23NO5S. The molecule has 2 aromatic carbocycles. The molecule has 0 aromatic heterocycles. The summed E-state index contributed by atoms with van der Waals surface area (Å²) >= 11 is 0. The number of methoxy groups -OCH3 is 1. The first-order valence-corrected chi connectivity index (χ1v) is 10.5. The molecule has 7 heteroatoms. The number of aryl methyl sites for hydroxylation is 1. The normalized spacial score (nSPS) is 19.7. The maximum Gasteiger partial charge on any atom is 0.266 e. The number of nitrogens with zero attached hydrogens (tertiary/aromatic N) is 1. The van der Waals surface area contributed by atoms with Crippen molar-refractivity contribution >= 4 is 15.7 Å². The zero-order valence-corrected chi connectivity index (χ0v) is 16.4. The quantitative estimate of drug-likeness (QED) is 0.680. The molecule has 0 aliphatic carbocycles. The van der Waals surface area contributed by atoms with Crippen LogP contribution in [-0.4, -0.2) is 51.8 Å². The smallest absolute Gasteiger partial charge is 0.266 e. The third-order valence-electron chi connectivity index (χ3n) is 4.69. The van der Waals surface area contributed by atoms with Crippen molar-refractivity contribution in [1.82, 2.24) is 4.90 Å². The molecule has 1 saturated heterocycles. The number of ether oxygens (including phenoxy) is 2. The van der Waals surface area contributed by atoms with Gasteiger partial charge >= 0.3 is 0 Å². The molecule has 2 aromatic rings. The van der Waals surface area contributed by atoms with Gasteiger partial charge in [0, 0.05) is 19.9 Å². The Morgan fingerprint density at radius 1 is 1.11 bits per heavy atom. The van der Waals surface area contributed by atoms with E-state index in [1.54, 1.807) is 24.1 Å². The topological polar surface area (TPSA) is 72.9 Å². The highest BCUT2D eigenvalue weighted by molar-refractivity contribution is 7.90. The number of amides is 1. The number of carbonyl (C=O) groups is 1. The number of hydrogen-bond donors (Lipinski definition) is 0. The van der Waals surface area contributed by atoms with Crippen LogP contribution in [0.3, 0.4) is 0 Å². The molecular weight excluding hydrogens is 366 g/mol. The third-order valence-corrected chi connectivity index (χ3v) is 5.80. The van der Waals surface area contributed by atoms with Crippen molar-refractivity contribution in [3.8, 4) is 5.75 Å². The molecule has 6 nitrogen and oxygen atoms in total. The highest BCUT2D eigenvalue weighted by atomic mass is 32.2. The molecule has 1 aliphatic rings. The van der Waals surface area contributed by atoms with E-state index in [4.69, 9.17) is 9.47 Å². The summed E-state index contributed by atoms with van der Waals surface area (Å²) in [5.41, 5.74) is 2.08. The lowest BCUT2D eigenvalue weighted by Crippen LogP contribution is -2.62. The van der Waals surface area contributed by atoms with Gasteiger partial charge in [0.2, 0.25) is 6.10 Å². The molecule has 0 radical (unpaired) electrons. The van der Waals surface area contributed by atoms with Gasteiger partial charge in [-0.15, -0.1) is 0 Å². The van der Waals surface area contributed by atoms with E-state index in [9.17, 15) is 13.2 Å². The van der Waals surface area contributed by atoms with Crippen LogP contribution in [0.4, 0.5) is 0 Å². The SMILES string of the molecule is COCCN1C(=O)[C@H](Oc2cccc(S(C)(=O)=O)c2)[C@H]1c1ccccc1C. The van der Waals surface area contributed by atoms with E-state index in [-0.39, 0.29) is 16.8 Å². The van der Waals surface area contributed by atoms with Crippen molar-refractivity contribution in [2.75, 3.05) is 26.5 Å². The number of likely N-dealkylation sites (tertiary alicyclic amines) is 1. The maximum absolute atomic E-state index is 12.7. The molecule has 0 saturated carbocycles. The van der Waals surface area contributed by atoms with Crippen LogP contribution in [0.2, 0.25) is 0 Å². The van der Waals surface area contributed by atoms with Crippen LogP contribution in [0.5, 0.6) is 5.75 Å². The molecule has 1 fully saturated rings. The summed E-state index contributed by atoms with van der Waals surface area (Å²) in [5.74, 6) is 0.228. The predicted octanol–water partition coefficient (Wildman–Crippen LogP) is 2.38. The molecule has 27 heavy (non-hydrogen) atoms. The lowest BCUT2D eigenvalue weighted by molar-refractivity contribution is -0.165. The summed E-state index contributed by atoms with van der Waals surface area (Å²) in [7, 11) is -1.76. The van der Waals surface area contributed by atoms with E-state index in [2.05, 4.69) is 0 Å². The van der Waals surface area contributed by atoms with Crippen LogP contribution in [-0.2, 0) is 19.4 Å². The first kappa shape index (κ1) is 19.4. The zero-order chi connectivity index (χ0) is 19.6. The average Bonchev–Trinajstić information content (AvgIpc) is 2.64. The summed E-state index contributed by atoms with van der Waals surface area (Å²) < 4.78 is 34.6. The Kier molecular flexibility index (Phi) is 5.53. The van der Waals surface area contributed by atoms with Crippen molar-refractivity contribution in [3.63, 3.8) is 0 Å². The molecule has 0 unspecified atom stereocenters. The van der Waals surface area contributed by atoms with E-state index >= 15 is 0 Å². The Bertz CT molecular complexity index is 941. The van der Waals surface area contributed by atoms with Crippen molar-refractivity contribution in [2.45, 2.75) is 24.0 Å². The standard InChI is InChI=1S/C20H23NO5S/c1-14-7-4-5-10-17(14)18-19(20(22)21(18)11-12-25-2)26-15-8-6-9-16(13-15)27(3,23)24/h4-10,13,18-19H,11-12H2,1-3H3/t18-,19-/m1/s1. The summed E-state index contributed by atoms with van der Waals surface area (Å²) in [4.78, 5) is 14.6. The van der Waals surface area contributed by atoms with Gasteiger partial charge in [0.05, 0.1) is 11.5 Å². The molecule has 0 N–H and O–H groups in total. The fourth-order valence-electron chi connectivity index (χ4n) is 3.25. The molecule has 1 amide bonds. The second-order valence-electron chi connectivity index (χ2n) is 6.61. The lowest BCUT2D eigenvalue weighted by atomic mass is 9.88. The maximum atomic E-state index is 12.7. The number of hydrogen-bond acceptors (Lipinski definition) is 5. The predicted molar refractivity (Wildman–Crippen MR) is 101 cm³/mol. The van der Waals surface area contributed by atoms with E-state index in [1.165, 1.54) is 12.1 Å². The molecule has 1 aliphatic heterocycles. The van der Waals surface area contributed by atoms with Crippen molar-refractivity contribution < 1.29 is 22.7 Å². The second kappa shape index (κ2) is 7.70. The fraction of sp³-hybridized carbons (Fsp3) is 0.350. The van der Waals surface area contributed by atoms with E-state index in [0.29, 0.717) is 18.9 Å². The van der Waals surface area contributed by atoms with E-state index in [1.807, 2.05) is 31.2 Å². The first-order valence-electron chi connectivity index (χ1n) is 8.64. The number of carbonyl (C=O) groups excluding carboxylic acids is 1. The zero-order valence-electron chi connectivity index (χ0n) is 15.6. The Balaban J connectivity index is 1.89. The lowest BCUT2D eigenvalue weighted by Gasteiger charge is -2.47. The van der Waals surface area contributed by atoms with Gasteiger partial charge in [-0.3, -0.25) is 4.79 Å². The molecule has 2 atom stereocenters. The molecule has 144 valence electrons. The average molecular weight is 389 g/mol. The molecule has 0 spiro atoms. The minimum absolute atomic E-state index is 0.134. The van der Waals surface area contributed by atoms with Crippen LogP contribution in [0.15, 0.2) is 53.4 Å². The second-order valence-corrected chi connectivity index (χ2v) is 8.63. The summed E-state index contributed by atoms with van der Waals surface area (Å²) in [5, 5.41) is 0. The summed E-state index contributed by atoms with van der Waals surface area (Å²) in [6.45, 7) is 2.90. The van der Waals surface area contributed by atoms with Gasteiger partial charge in [-0.2, -0.15) is 0 Å². The largest absolute Gasteiger partial charge is 0.478 e. The summed E-state index contributed by atoms with van der Waals surface area (Å²) in [6, 6.07) is 13.9. The Morgan fingerprint density at radius 2 is 1.85 bits per heavy atom. The van der Waals surface area contributed by atoms with Crippen LogP contribution in [0, 0.1) is 6.92 Å². The van der Waals surface area contributed by atoms with Crippen LogP contribution >= 0.6 is 0 Å². The fourth-order valence-corrected chi connectivity index (χ4v) is 3.90. The highest BCUT2D eigenvalue weighted by Crippen LogP contribution is 2.39. The van der Waals surface area contributed by atoms with Gasteiger partial charge in [0.1, 0.15) is 11.8 Å². The molecule has 0 bridgehead atoms. The summed E-state index contributed by atoms with van der Waals surface area (Å²) in [6.07, 6.45) is 0.446. The number of sulfone groups is 1. The Morgan fingerprint density at radius 3 is 2.52 bits per heavy atom. The van der Waals surface area contributed by atoms with Gasteiger partial charge in [-0.25, -0.2) is 8.42 Å². The van der Waals surface area contributed by atoms with Gasteiger partial charge in [-0.05, 0) is 36.2 Å². The number of rotatable bonds is 7. The monoisotopic (exact) mass is 389 g/mol. The van der Waals surface area contributed by atoms with Gasteiger partial charge in [-0.1, -0.05) is 30.3 Å². The number of benzene rings is 2. The minimum atomic E-state index is -3.35. The van der Waals surface area contributed by atoms with Gasteiger partial charge < -0.3 is 14.4 Å². The Labute approximate surface area is 159 Å². The minimum Gasteiger partial charge on any atom is -0.478 e. The van der Waals surface area contributed by atoms with E-state index in [0.717, 1.165) is 17.4 Å². The van der Waals surface area contributed by atoms with Crippen molar-refractivity contribution in [3.05, 3.63) is 59.7 Å². The molecule has 1 heterocycles. The van der Waals surface area contributed by atoms with Crippen LogP contribution < -0.4 is 4.74 Å². The van der Waals surface area contributed by atoms with Crippen LogP contribution in [0.25, 0.3) is 0 Å². The van der Waals surface area contributed by atoms with Crippen molar-refractivity contribution in [2.24, 2.45) is 0 Å². The van der Waals surface area contributed by atoms with Gasteiger partial charge in [0.15, 0.2) is 9.84 Å². The van der Waals surface area contributed by atoms with Crippen LogP contribution in [0.1, 0.15) is 17.2 Å². The first-order chi connectivity index (χ1) is 12.8. The Hall–Kier alpha value is -2.38. The van der Waals surface area contributed by atoms with E-state index < -0.39 is 15.9 Å². The van der Waals surface area contributed by atoms with Crippen molar-refractivity contribution in [1.29, 1.82) is 0 Å². The molecule has 3 rings (SSSR count). The highest BCUT2D eigenvalue weighted by Gasteiger charge is 2.50. The number of β-lactam (4-membered cyclic amide) rings is 1.